The number of hydrogen-bond acceptors (Lipinski definition) is 4. The molecule has 0 aliphatic heterocycles. The topological polar surface area (TPSA) is 51.2 Å². The standard InChI is InChI=1S/C10H14N2O2S/c1-7(14-6-8-2-3-8)9(13)12-10-11-4-5-15-10/h4-5,7-8H,2-3,6H2,1H3,(H,11,12,13). The second-order valence-electron chi connectivity index (χ2n) is 3.75. The molecule has 1 unspecified atom stereocenters. The van der Waals surface area contributed by atoms with Gasteiger partial charge in [0, 0.05) is 11.6 Å². The van der Waals surface area contributed by atoms with E-state index >= 15 is 0 Å². The molecule has 1 heterocycles. The van der Waals surface area contributed by atoms with Gasteiger partial charge in [0.1, 0.15) is 6.10 Å². The molecular formula is C10H14N2O2S. The summed E-state index contributed by atoms with van der Waals surface area (Å²) < 4.78 is 5.44. The number of nitrogens with one attached hydrogen (secondary N) is 1. The van der Waals surface area contributed by atoms with Crippen LogP contribution in [0.1, 0.15) is 19.8 Å². The van der Waals surface area contributed by atoms with Crippen LogP contribution in [0.2, 0.25) is 0 Å². The van der Waals surface area contributed by atoms with Crippen LogP contribution in [0.15, 0.2) is 11.6 Å². The number of ether oxygens (including phenoxy) is 1. The van der Waals surface area contributed by atoms with Crippen LogP contribution in [0.25, 0.3) is 0 Å². The lowest BCUT2D eigenvalue weighted by molar-refractivity contribution is -0.126. The Hall–Kier alpha value is -0.940. The number of amides is 1. The number of hydrogen-bond donors (Lipinski definition) is 1. The summed E-state index contributed by atoms with van der Waals surface area (Å²) in [7, 11) is 0. The first kappa shape index (κ1) is 10.6. The summed E-state index contributed by atoms with van der Waals surface area (Å²) in [6, 6.07) is 0. The van der Waals surface area contributed by atoms with Gasteiger partial charge in [0.05, 0.1) is 6.61 Å². The molecule has 0 spiro atoms. The minimum absolute atomic E-state index is 0.120. The average molecular weight is 226 g/mol. The van der Waals surface area contributed by atoms with Crippen molar-refractivity contribution in [2.24, 2.45) is 5.92 Å². The van der Waals surface area contributed by atoms with Crippen LogP contribution in [-0.2, 0) is 9.53 Å². The smallest absolute Gasteiger partial charge is 0.254 e. The molecule has 1 atom stereocenters. The van der Waals surface area contributed by atoms with Crippen molar-refractivity contribution in [2.75, 3.05) is 11.9 Å². The molecule has 0 aromatic carbocycles. The quantitative estimate of drug-likeness (QED) is 0.834. The van der Waals surface area contributed by atoms with Gasteiger partial charge in [-0.2, -0.15) is 0 Å². The summed E-state index contributed by atoms with van der Waals surface area (Å²) >= 11 is 1.41. The summed E-state index contributed by atoms with van der Waals surface area (Å²) in [4.78, 5) is 15.6. The maximum atomic E-state index is 11.6. The van der Waals surface area contributed by atoms with E-state index < -0.39 is 6.10 Å². The van der Waals surface area contributed by atoms with E-state index in [1.165, 1.54) is 24.2 Å². The van der Waals surface area contributed by atoms with Crippen LogP contribution in [0.4, 0.5) is 5.13 Å². The van der Waals surface area contributed by atoms with Gasteiger partial charge in [-0.15, -0.1) is 11.3 Å². The first-order valence-electron chi connectivity index (χ1n) is 5.07. The van der Waals surface area contributed by atoms with Gasteiger partial charge in [0.15, 0.2) is 5.13 Å². The lowest BCUT2D eigenvalue weighted by Crippen LogP contribution is -2.28. The van der Waals surface area contributed by atoms with Crippen LogP contribution in [0.5, 0.6) is 0 Å². The summed E-state index contributed by atoms with van der Waals surface area (Å²) in [5.41, 5.74) is 0. The molecule has 1 N–H and O–H groups in total. The normalized spacial score (nSPS) is 17.4. The van der Waals surface area contributed by atoms with Gasteiger partial charge < -0.3 is 4.74 Å². The third kappa shape index (κ3) is 3.28. The molecule has 1 amide bonds. The molecule has 2 rings (SSSR count). The van der Waals surface area contributed by atoms with Crippen molar-refractivity contribution < 1.29 is 9.53 Å². The van der Waals surface area contributed by atoms with Crippen molar-refractivity contribution >= 4 is 22.4 Å². The molecule has 1 aromatic heterocycles. The highest BCUT2D eigenvalue weighted by Crippen LogP contribution is 2.29. The van der Waals surface area contributed by atoms with E-state index in [1.807, 2.05) is 5.38 Å². The minimum atomic E-state index is -0.394. The van der Waals surface area contributed by atoms with Crippen molar-refractivity contribution in [3.63, 3.8) is 0 Å². The maximum Gasteiger partial charge on any atom is 0.254 e. The Bertz CT molecular complexity index is 322. The molecule has 0 radical (unpaired) electrons. The molecule has 1 aromatic rings. The van der Waals surface area contributed by atoms with Gasteiger partial charge >= 0.3 is 0 Å². The number of nitrogens with zero attached hydrogens (tertiary/aromatic N) is 1. The molecule has 0 saturated heterocycles. The van der Waals surface area contributed by atoms with Crippen LogP contribution < -0.4 is 5.32 Å². The zero-order valence-electron chi connectivity index (χ0n) is 8.60. The highest BCUT2D eigenvalue weighted by atomic mass is 32.1. The second-order valence-corrected chi connectivity index (χ2v) is 4.64. The summed E-state index contributed by atoms with van der Waals surface area (Å²) in [6.07, 6.45) is 3.74. The summed E-state index contributed by atoms with van der Waals surface area (Å²) in [6.45, 7) is 2.47. The van der Waals surface area contributed by atoms with E-state index in [2.05, 4.69) is 10.3 Å². The fourth-order valence-electron chi connectivity index (χ4n) is 1.13. The number of carbonyl (C=O) groups is 1. The van der Waals surface area contributed by atoms with Gasteiger partial charge in [-0.25, -0.2) is 4.98 Å². The first-order valence-corrected chi connectivity index (χ1v) is 5.95. The number of carbonyl (C=O) groups excluding carboxylic acids is 1. The number of thiazole rings is 1. The SMILES string of the molecule is CC(OCC1CC1)C(=O)Nc1nccs1. The van der Waals surface area contributed by atoms with Gasteiger partial charge in [0.25, 0.3) is 5.91 Å². The van der Waals surface area contributed by atoms with Crippen LogP contribution >= 0.6 is 11.3 Å². The van der Waals surface area contributed by atoms with Gasteiger partial charge in [-0.05, 0) is 25.7 Å². The Morgan fingerprint density at radius 3 is 3.20 bits per heavy atom. The first-order chi connectivity index (χ1) is 7.25. The third-order valence-corrected chi connectivity index (χ3v) is 3.00. The zero-order chi connectivity index (χ0) is 10.7. The number of anilines is 1. The van der Waals surface area contributed by atoms with E-state index in [0.717, 1.165) is 0 Å². The Labute approximate surface area is 92.7 Å². The van der Waals surface area contributed by atoms with Crippen LogP contribution in [-0.4, -0.2) is 23.6 Å². The average Bonchev–Trinajstić information content (AvgIpc) is 2.92. The Morgan fingerprint density at radius 2 is 2.60 bits per heavy atom. The number of aromatic nitrogens is 1. The van der Waals surface area contributed by atoms with Gasteiger partial charge in [-0.3, -0.25) is 10.1 Å². The molecule has 0 bridgehead atoms. The molecule has 1 aliphatic carbocycles. The summed E-state index contributed by atoms with van der Waals surface area (Å²) in [5, 5.41) is 5.16. The Morgan fingerprint density at radius 1 is 1.80 bits per heavy atom. The third-order valence-electron chi connectivity index (χ3n) is 2.31. The maximum absolute atomic E-state index is 11.6. The van der Waals surface area contributed by atoms with Gasteiger partial charge in [0.2, 0.25) is 0 Å². The number of rotatable bonds is 5. The van der Waals surface area contributed by atoms with E-state index in [0.29, 0.717) is 17.7 Å². The fourth-order valence-corrected chi connectivity index (χ4v) is 1.66. The molecule has 15 heavy (non-hydrogen) atoms. The minimum Gasteiger partial charge on any atom is -0.368 e. The molecule has 82 valence electrons. The Balaban J connectivity index is 1.73. The lowest BCUT2D eigenvalue weighted by Gasteiger charge is -2.11. The predicted molar refractivity (Wildman–Crippen MR) is 58.9 cm³/mol. The van der Waals surface area contributed by atoms with E-state index in [-0.39, 0.29) is 5.91 Å². The monoisotopic (exact) mass is 226 g/mol. The Kier molecular flexibility index (Phi) is 3.33. The molecular weight excluding hydrogens is 212 g/mol. The second kappa shape index (κ2) is 4.72. The zero-order valence-corrected chi connectivity index (χ0v) is 9.42. The van der Waals surface area contributed by atoms with Crippen LogP contribution in [0, 0.1) is 5.92 Å². The van der Waals surface area contributed by atoms with Crippen molar-refractivity contribution in [1.82, 2.24) is 4.98 Å². The van der Waals surface area contributed by atoms with Crippen molar-refractivity contribution in [3.8, 4) is 0 Å². The highest BCUT2D eigenvalue weighted by molar-refractivity contribution is 7.13. The van der Waals surface area contributed by atoms with Crippen LogP contribution in [0.3, 0.4) is 0 Å². The van der Waals surface area contributed by atoms with Gasteiger partial charge in [-0.1, -0.05) is 0 Å². The largest absolute Gasteiger partial charge is 0.368 e. The fraction of sp³-hybridized carbons (Fsp3) is 0.600. The molecule has 4 nitrogen and oxygen atoms in total. The van der Waals surface area contributed by atoms with Crippen molar-refractivity contribution in [2.45, 2.75) is 25.9 Å². The van der Waals surface area contributed by atoms with Crippen molar-refractivity contribution in [3.05, 3.63) is 11.6 Å². The molecule has 1 aliphatic rings. The molecule has 1 fully saturated rings. The predicted octanol–water partition coefficient (Wildman–Crippen LogP) is 1.90. The van der Waals surface area contributed by atoms with E-state index in [1.54, 1.807) is 13.1 Å². The highest BCUT2D eigenvalue weighted by Gasteiger charge is 2.24. The molecule has 5 heteroatoms. The molecule has 1 saturated carbocycles. The van der Waals surface area contributed by atoms with E-state index in [4.69, 9.17) is 4.74 Å². The summed E-state index contributed by atoms with van der Waals surface area (Å²) in [5.74, 6) is 0.561. The van der Waals surface area contributed by atoms with Crippen molar-refractivity contribution in [1.29, 1.82) is 0 Å². The lowest BCUT2D eigenvalue weighted by atomic mass is 10.3. The van der Waals surface area contributed by atoms with E-state index in [9.17, 15) is 4.79 Å².